The number of aromatic nitrogens is 1. The zero-order chi connectivity index (χ0) is 14.6. The molecule has 0 saturated carbocycles. The molecule has 1 aromatic rings. The van der Waals surface area contributed by atoms with Gasteiger partial charge in [0.2, 0.25) is 11.8 Å². The van der Waals surface area contributed by atoms with E-state index in [4.69, 9.17) is 0 Å². The van der Waals surface area contributed by atoms with Crippen LogP contribution < -0.4 is 10.6 Å². The summed E-state index contributed by atoms with van der Waals surface area (Å²) in [6.07, 6.45) is 0. The number of rotatable bonds is 5. The maximum Gasteiger partial charge on any atom is 0.243 e. The van der Waals surface area contributed by atoms with E-state index in [1.807, 2.05) is 44.5 Å². The summed E-state index contributed by atoms with van der Waals surface area (Å²) >= 11 is 0. The van der Waals surface area contributed by atoms with Crippen molar-refractivity contribution in [2.45, 2.75) is 40.3 Å². The van der Waals surface area contributed by atoms with Gasteiger partial charge in [-0.05, 0) is 25.0 Å². The fraction of sp³-hybridized carbons (Fsp3) is 0.571. The summed E-state index contributed by atoms with van der Waals surface area (Å²) in [7, 11) is 1.96. The van der Waals surface area contributed by atoms with Crippen molar-refractivity contribution < 1.29 is 9.59 Å². The van der Waals surface area contributed by atoms with Crippen molar-refractivity contribution in [2.75, 3.05) is 0 Å². The van der Waals surface area contributed by atoms with Crippen LogP contribution in [0.1, 0.15) is 32.2 Å². The highest BCUT2D eigenvalue weighted by Crippen LogP contribution is 2.06. The van der Waals surface area contributed by atoms with Gasteiger partial charge in [-0.25, -0.2) is 0 Å². The first-order valence-corrected chi connectivity index (χ1v) is 6.49. The third-order valence-corrected chi connectivity index (χ3v) is 3.23. The SMILES string of the molecule is CC(=O)NC(C(=O)NCc1ccc(C)n1C)C(C)C. The van der Waals surface area contributed by atoms with Crippen molar-refractivity contribution in [2.24, 2.45) is 13.0 Å². The van der Waals surface area contributed by atoms with Crippen molar-refractivity contribution in [1.82, 2.24) is 15.2 Å². The van der Waals surface area contributed by atoms with Crippen molar-refractivity contribution in [3.05, 3.63) is 23.5 Å². The van der Waals surface area contributed by atoms with Gasteiger partial charge < -0.3 is 15.2 Å². The maximum absolute atomic E-state index is 12.1. The monoisotopic (exact) mass is 265 g/mol. The third kappa shape index (κ3) is 4.12. The smallest absolute Gasteiger partial charge is 0.243 e. The minimum atomic E-state index is -0.487. The van der Waals surface area contributed by atoms with Crippen LogP contribution in [0.5, 0.6) is 0 Å². The fourth-order valence-electron chi connectivity index (χ4n) is 1.89. The van der Waals surface area contributed by atoms with Crippen LogP contribution in [0, 0.1) is 12.8 Å². The van der Waals surface area contributed by atoms with E-state index in [0.29, 0.717) is 6.54 Å². The topological polar surface area (TPSA) is 63.1 Å². The molecule has 106 valence electrons. The summed E-state index contributed by atoms with van der Waals surface area (Å²) in [4.78, 5) is 23.2. The second-order valence-corrected chi connectivity index (χ2v) is 5.17. The first-order chi connectivity index (χ1) is 8.82. The quantitative estimate of drug-likeness (QED) is 0.837. The maximum atomic E-state index is 12.1. The van der Waals surface area contributed by atoms with Gasteiger partial charge in [0.25, 0.3) is 0 Å². The summed E-state index contributed by atoms with van der Waals surface area (Å²) in [5.41, 5.74) is 2.18. The summed E-state index contributed by atoms with van der Waals surface area (Å²) in [6.45, 7) is 7.72. The molecule has 0 aliphatic carbocycles. The number of nitrogens with one attached hydrogen (secondary N) is 2. The van der Waals surface area contributed by atoms with Crippen molar-refractivity contribution in [1.29, 1.82) is 0 Å². The highest BCUT2D eigenvalue weighted by atomic mass is 16.2. The molecule has 0 fully saturated rings. The number of hydrogen-bond donors (Lipinski definition) is 2. The van der Waals surface area contributed by atoms with Gasteiger partial charge in [0.05, 0.1) is 6.54 Å². The van der Waals surface area contributed by atoms with E-state index < -0.39 is 6.04 Å². The Morgan fingerprint density at radius 3 is 2.37 bits per heavy atom. The van der Waals surface area contributed by atoms with Crippen molar-refractivity contribution >= 4 is 11.8 Å². The molecule has 1 rings (SSSR count). The van der Waals surface area contributed by atoms with Gasteiger partial charge in [-0.1, -0.05) is 13.8 Å². The Hall–Kier alpha value is -1.78. The predicted molar refractivity (Wildman–Crippen MR) is 74.4 cm³/mol. The van der Waals surface area contributed by atoms with E-state index in [1.54, 1.807) is 0 Å². The molecular weight excluding hydrogens is 242 g/mol. The lowest BCUT2D eigenvalue weighted by molar-refractivity contribution is -0.129. The Labute approximate surface area is 114 Å². The third-order valence-electron chi connectivity index (χ3n) is 3.23. The molecule has 0 spiro atoms. The van der Waals surface area contributed by atoms with Gasteiger partial charge in [-0.2, -0.15) is 0 Å². The lowest BCUT2D eigenvalue weighted by atomic mass is 10.0. The Bertz CT molecular complexity index is 463. The lowest BCUT2D eigenvalue weighted by Crippen LogP contribution is -2.48. The zero-order valence-electron chi connectivity index (χ0n) is 12.3. The van der Waals surface area contributed by atoms with Crippen LogP contribution >= 0.6 is 0 Å². The highest BCUT2D eigenvalue weighted by molar-refractivity contribution is 5.86. The molecule has 0 aliphatic heterocycles. The molecule has 1 heterocycles. The van der Waals surface area contributed by atoms with Gasteiger partial charge in [-0.15, -0.1) is 0 Å². The molecule has 2 N–H and O–H groups in total. The Morgan fingerprint density at radius 1 is 1.32 bits per heavy atom. The molecule has 1 atom stereocenters. The molecule has 19 heavy (non-hydrogen) atoms. The fourth-order valence-corrected chi connectivity index (χ4v) is 1.89. The molecule has 2 amide bonds. The molecule has 5 nitrogen and oxygen atoms in total. The molecular formula is C14H23N3O2. The van der Waals surface area contributed by atoms with E-state index in [0.717, 1.165) is 11.4 Å². The van der Waals surface area contributed by atoms with Crippen LogP contribution in [-0.2, 0) is 23.2 Å². The summed E-state index contributed by atoms with van der Waals surface area (Å²) < 4.78 is 2.03. The van der Waals surface area contributed by atoms with Crippen LogP contribution in [0.15, 0.2) is 12.1 Å². The average molecular weight is 265 g/mol. The minimum Gasteiger partial charge on any atom is -0.350 e. The van der Waals surface area contributed by atoms with E-state index in [9.17, 15) is 9.59 Å². The number of amides is 2. The van der Waals surface area contributed by atoms with Gasteiger partial charge >= 0.3 is 0 Å². The van der Waals surface area contributed by atoms with E-state index in [1.165, 1.54) is 6.92 Å². The van der Waals surface area contributed by atoms with Crippen LogP contribution in [0.2, 0.25) is 0 Å². The largest absolute Gasteiger partial charge is 0.350 e. The number of carbonyl (C=O) groups is 2. The second-order valence-electron chi connectivity index (χ2n) is 5.17. The van der Waals surface area contributed by atoms with Crippen molar-refractivity contribution in [3.8, 4) is 0 Å². The summed E-state index contributed by atoms with van der Waals surface area (Å²) in [5, 5.41) is 5.54. The van der Waals surface area contributed by atoms with Crippen LogP contribution in [0.3, 0.4) is 0 Å². The predicted octanol–water partition coefficient (Wildman–Crippen LogP) is 1.11. The Kier molecular flexibility index (Phi) is 5.15. The summed E-state index contributed by atoms with van der Waals surface area (Å²) in [5.74, 6) is -0.285. The van der Waals surface area contributed by atoms with Crippen molar-refractivity contribution in [3.63, 3.8) is 0 Å². The van der Waals surface area contributed by atoms with E-state index >= 15 is 0 Å². The molecule has 0 aromatic carbocycles. The number of hydrogen-bond acceptors (Lipinski definition) is 2. The first kappa shape index (κ1) is 15.3. The van der Waals surface area contributed by atoms with Gasteiger partial charge in [-0.3, -0.25) is 9.59 Å². The van der Waals surface area contributed by atoms with E-state index in [2.05, 4.69) is 10.6 Å². The summed E-state index contributed by atoms with van der Waals surface area (Å²) in [6, 6.07) is 3.51. The van der Waals surface area contributed by atoms with Crippen LogP contribution in [0.4, 0.5) is 0 Å². The Balaban J connectivity index is 2.62. The standard InChI is InChI=1S/C14H23N3O2/c1-9(2)13(16-11(4)18)14(19)15-8-12-7-6-10(3)17(12)5/h6-7,9,13H,8H2,1-5H3,(H,15,19)(H,16,18). The number of aryl methyl sites for hydroxylation is 1. The molecule has 5 heteroatoms. The van der Waals surface area contributed by atoms with Crippen LogP contribution in [-0.4, -0.2) is 22.4 Å². The minimum absolute atomic E-state index is 0.0547. The molecule has 0 aliphatic rings. The molecule has 0 bridgehead atoms. The lowest BCUT2D eigenvalue weighted by Gasteiger charge is -2.21. The average Bonchev–Trinajstić information content (AvgIpc) is 2.63. The molecule has 0 saturated heterocycles. The normalized spacial score (nSPS) is 12.3. The molecule has 1 aromatic heterocycles. The van der Waals surface area contributed by atoms with Crippen LogP contribution in [0.25, 0.3) is 0 Å². The molecule has 1 unspecified atom stereocenters. The van der Waals surface area contributed by atoms with Gasteiger partial charge in [0.15, 0.2) is 0 Å². The van der Waals surface area contributed by atoms with Gasteiger partial charge in [0.1, 0.15) is 6.04 Å². The zero-order valence-corrected chi connectivity index (χ0v) is 12.3. The Morgan fingerprint density at radius 2 is 1.95 bits per heavy atom. The van der Waals surface area contributed by atoms with E-state index in [-0.39, 0.29) is 17.7 Å². The second kappa shape index (κ2) is 6.41. The highest BCUT2D eigenvalue weighted by Gasteiger charge is 2.22. The molecule has 0 radical (unpaired) electrons. The number of nitrogens with zero attached hydrogens (tertiary/aromatic N) is 1. The number of carbonyl (C=O) groups excluding carboxylic acids is 2. The first-order valence-electron chi connectivity index (χ1n) is 6.49. The van der Waals surface area contributed by atoms with Gasteiger partial charge in [0, 0.05) is 25.4 Å².